The molecule has 0 radical (unpaired) electrons. The predicted octanol–water partition coefficient (Wildman–Crippen LogP) is 1.24. The summed E-state index contributed by atoms with van der Waals surface area (Å²) in [6.45, 7) is 2.68. The number of carbonyl (C=O) groups excluding carboxylic acids is 1. The molecule has 1 aliphatic heterocycles. The average Bonchev–Trinajstić information content (AvgIpc) is 3.21. The smallest absolute Gasteiger partial charge is 0.423 e. The first-order chi connectivity index (χ1) is 15.0. The van der Waals surface area contributed by atoms with E-state index in [1.165, 1.54) is 15.9 Å². The Morgan fingerprint density at radius 2 is 1.90 bits per heavy atom. The summed E-state index contributed by atoms with van der Waals surface area (Å²) >= 11 is 0. The Morgan fingerprint density at radius 3 is 2.55 bits per heavy atom. The summed E-state index contributed by atoms with van der Waals surface area (Å²) in [7, 11) is 2.00. The molecule has 12 heteroatoms. The third kappa shape index (κ3) is 4.22. The van der Waals surface area contributed by atoms with Crippen LogP contribution in [0.2, 0.25) is 0 Å². The second-order valence-electron chi connectivity index (χ2n) is 7.92. The molecule has 1 saturated heterocycles. The number of hydrogen-bond donors (Lipinski definition) is 2. The normalized spacial score (nSPS) is 18.0. The van der Waals surface area contributed by atoms with E-state index >= 15 is 0 Å². The predicted molar refractivity (Wildman–Crippen MR) is 110 cm³/mol. The van der Waals surface area contributed by atoms with Crippen molar-refractivity contribution < 1.29 is 14.7 Å². The van der Waals surface area contributed by atoms with Crippen molar-refractivity contribution >= 4 is 29.1 Å². The van der Waals surface area contributed by atoms with E-state index in [-0.39, 0.29) is 34.9 Å². The van der Waals surface area contributed by atoms with Gasteiger partial charge in [0, 0.05) is 26.2 Å². The first kappa shape index (κ1) is 20.8. The molecule has 2 amide bonds. The number of nitrogens with zero attached hydrogens (tertiary/aromatic N) is 8. The number of anilines is 1. The second kappa shape index (κ2) is 8.73. The van der Waals surface area contributed by atoms with Crippen molar-refractivity contribution in [2.75, 3.05) is 38.2 Å². The van der Waals surface area contributed by atoms with Crippen molar-refractivity contribution in [3.8, 4) is 6.07 Å². The fraction of sp³-hybridized carbons (Fsp3) is 0.579. The Balaban J connectivity index is 1.76. The number of imidazole rings is 1. The molecule has 12 nitrogen and oxygen atoms in total. The van der Waals surface area contributed by atoms with Crippen molar-refractivity contribution in [1.82, 2.24) is 34.7 Å². The van der Waals surface area contributed by atoms with Crippen molar-refractivity contribution in [1.29, 1.82) is 5.26 Å². The number of rotatable bonds is 3. The van der Waals surface area contributed by atoms with Gasteiger partial charge in [-0.05, 0) is 19.9 Å². The van der Waals surface area contributed by atoms with Gasteiger partial charge in [-0.2, -0.15) is 15.2 Å². The maximum absolute atomic E-state index is 13.1. The third-order valence-corrected chi connectivity index (χ3v) is 5.84. The zero-order valence-electron chi connectivity index (χ0n) is 17.4. The molecule has 4 rings (SSSR count). The van der Waals surface area contributed by atoms with Gasteiger partial charge in [-0.15, -0.1) is 0 Å². The van der Waals surface area contributed by atoms with Crippen molar-refractivity contribution in [3.63, 3.8) is 0 Å². The van der Waals surface area contributed by atoms with E-state index < -0.39 is 6.09 Å². The van der Waals surface area contributed by atoms with Crippen LogP contribution in [-0.2, 0) is 0 Å². The Bertz CT molecular complexity index is 1020. The van der Waals surface area contributed by atoms with Gasteiger partial charge in [0.25, 0.3) is 0 Å². The zero-order chi connectivity index (χ0) is 22.0. The summed E-state index contributed by atoms with van der Waals surface area (Å²) in [6, 6.07) is 1.52. The Labute approximate surface area is 179 Å². The van der Waals surface area contributed by atoms with Crippen LogP contribution in [-0.4, -0.2) is 85.8 Å². The molecule has 0 unspecified atom stereocenters. The molecule has 2 aliphatic rings. The van der Waals surface area contributed by atoms with Crippen LogP contribution in [0.25, 0.3) is 11.2 Å². The van der Waals surface area contributed by atoms with Crippen LogP contribution in [0.15, 0.2) is 6.33 Å². The minimum atomic E-state index is -1.23. The summed E-state index contributed by atoms with van der Waals surface area (Å²) in [6.07, 6.45) is 4.74. The minimum absolute atomic E-state index is 0.118. The molecule has 2 aromatic heterocycles. The number of nitriles is 1. The number of likely N-dealkylation sites (N-methyl/N-ethyl adjacent to an activating group) is 1. The molecule has 2 aromatic rings. The van der Waals surface area contributed by atoms with E-state index in [1.807, 2.05) is 13.1 Å². The highest BCUT2D eigenvalue weighted by molar-refractivity contribution is 5.92. The van der Waals surface area contributed by atoms with Gasteiger partial charge in [-0.1, -0.05) is 19.3 Å². The second-order valence-corrected chi connectivity index (χ2v) is 7.92. The summed E-state index contributed by atoms with van der Waals surface area (Å²) in [5.74, 6) is 0.0456. The number of hydrogen-bond acceptors (Lipinski definition) is 8. The van der Waals surface area contributed by atoms with Gasteiger partial charge in [0.1, 0.15) is 12.4 Å². The quantitative estimate of drug-likeness (QED) is 0.691. The standard InChI is InChI=1S/C19H25N9O3/c1-25-7-9-26(10-8-25)19(31)27-12-21-15-16(27)22-14(11-20)23-17(15)28(24-18(29)30)13-5-3-2-4-6-13/h12-13,24H,2-10H2,1H3,(H,29,30). The molecule has 0 aromatic carbocycles. The molecule has 31 heavy (non-hydrogen) atoms. The fourth-order valence-electron chi connectivity index (χ4n) is 4.15. The fourth-order valence-corrected chi connectivity index (χ4v) is 4.15. The van der Waals surface area contributed by atoms with Crippen LogP contribution in [0.5, 0.6) is 0 Å². The lowest BCUT2D eigenvalue weighted by Crippen LogP contribution is -2.50. The summed E-state index contributed by atoms with van der Waals surface area (Å²) in [5.41, 5.74) is 2.89. The van der Waals surface area contributed by atoms with Crippen LogP contribution in [0, 0.1) is 11.3 Å². The molecule has 3 heterocycles. The number of carboxylic acid groups (broad SMARTS) is 1. The van der Waals surface area contributed by atoms with Crippen LogP contribution < -0.4 is 10.4 Å². The minimum Gasteiger partial charge on any atom is -0.464 e. The lowest BCUT2D eigenvalue weighted by Gasteiger charge is -2.34. The van der Waals surface area contributed by atoms with Gasteiger partial charge in [0.05, 0.1) is 6.04 Å². The lowest BCUT2D eigenvalue weighted by atomic mass is 9.95. The number of carbonyl (C=O) groups is 2. The highest BCUT2D eigenvalue weighted by atomic mass is 16.4. The summed E-state index contributed by atoms with van der Waals surface area (Å²) in [5, 5.41) is 20.3. The Kier molecular flexibility index (Phi) is 5.85. The molecular formula is C19H25N9O3. The van der Waals surface area contributed by atoms with E-state index in [0.29, 0.717) is 13.1 Å². The summed E-state index contributed by atoms with van der Waals surface area (Å²) in [4.78, 5) is 41.3. The van der Waals surface area contributed by atoms with Crippen molar-refractivity contribution in [3.05, 3.63) is 12.2 Å². The summed E-state index contributed by atoms with van der Waals surface area (Å²) < 4.78 is 1.31. The average molecular weight is 427 g/mol. The van der Waals surface area contributed by atoms with Gasteiger partial charge < -0.3 is 14.9 Å². The number of amides is 2. The number of nitrogens with one attached hydrogen (secondary N) is 1. The van der Waals surface area contributed by atoms with Gasteiger partial charge in [0.15, 0.2) is 17.0 Å². The van der Waals surface area contributed by atoms with Crippen LogP contribution in [0.1, 0.15) is 37.9 Å². The van der Waals surface area contributed by atoms with E-state index in [2.05, 4.69) is 25.3 Å². The lowest BCUT2D eigenvalue weighted by molar-refractivity contribution is 0.156. The van der Waals surface area contributed by atoms with Crippen LogP contribution in [0.4, 0.5) is 15.4 Å². The maximum atomic E-state index is 13.1. The van der Waals surface area contributed by atoms with E-state index in [9.17, 15) is 20.0 Å². The van der Waals surface area contributed by atoms with E-state index in [4.69, 9.17) is 0 Å². The molecule has 2 N–H and O–H groups in total. The van der Waals surface area contributed by atoms with Gasteiger partial charge >= 0.3 is 12.1 Å². The van der Waals surface area contributed by atoms with Gasteiger partial charge in [-0.25, -0.2) is 24.6 Å². The monoisotopic (exact) mass is 427 g/mol. The molecule has 1 aliphatic carbocycles. The highest BCUT2D eigenvalue weighted by Crippen LogP contribution is 2.29. The molecule has 1 saturated carbocycles. The molecule has 164 valence electrons. The molecular weight excluding hydrogens is 402 g/mol. The number of piperazine rings is 1. The number of aromatic nitrogens is 4. The largest absolute Gasteiger partial charge is 0.464 e. The number of hydrazine groups is 1. The highest BCUT2D eigenvalue weighted by Gasteiger charge is 2.30. The van der Waals surface area contributed by atoms with Crippen molar-refractivity contribution in [2.24, 2.45) is 0 Å². The van der Waals surface area contributed by atoms with Crippen LogP contribution >= 0.6 is 0 Å². The molecule has 0 spiro atoms. The van der Waals surface area contributed by atoms with Gasteiger partial charge in [-0.3, -0.25) is 5.01 Å². The van der Waals surface area contributed by atoms with E-state index in [0.717, 1.165) is 45.2 Å². The molecule has 0 atom stereocenters. The molecule has 2 fully saturated rings. The first-order valence-corrected chi connectivity index (χ1v) is 10.4. The SMILES string of the molecule is CN1CCN(C(=O)n2cnc3c(N(NC(=O)O)C4CCCCC4)nc(C#N)nc32)CC1. The van der Waals surface area contributed by atoms with Crippen molar-refractivity contribution in [2.45, 2.75) is 38.1 Å². The van der Waals surface area contributed by atoms with Gasteiger partial charge in [0.2, 0.25) is 5.82 Å². The Morgan fingerprint density at radius 1 is 1.19 bits per heavy atom. The number of fused-ring (bicyclic) bond motifs is 1. The zero-order valence-corrected chi connectivity index (χ0v) is 17.4. The molecule has 0 bridgehead atoms. The topological polar surface area (TPSA) is 144 Å². The van der Waals surface area contributed by atoms with E-state index in [1.54, 1.807) is 4.90 Å². The maximum Gasteiger partial charge on any atom is 0.423 e. The Hall–Kier alpha value is -3.46. The third-order valence-electron chi connectivity index (χ3n) is 5.84. The van der Waals surface area contributed by atoms with Crippen LogP contribution in [0.3, 0.4) is 0 Å². The first-order valence-electron chi connectivity index (χ1n) is 10.4.